The van der Waals surface area contributed by atoms with Gasteiger partial charge < -0.3 is 10.2 Å². The summed E-state index contributed by atoms with van der Waals surface area (Å²) in [5.41, 5.74) is 0.444. The van der Waals surface area contributed by atoms with E-state index in [2.05, 4.69) is 0 Å². The van der Waals surface area contributed by atoms with Gasteiger partial charge in [-0.3, -0.25) is 4.79 Å². The molecule has 0 aromatic heterocycles. The molecule has 0 amide bonds. The second-order valence-electron chi connectivity index (χ2n) is 2.59. The lowest BCUT2D eigenvalue weighted by Gasteiger charge is -2.10. The molecule has 0 saturated heterocycles. The topological polar surface area (TPSA) is 57.5 Å². The fraction of sp³-hybridized carbons (Fsp3) is 0.222. The molecule has 1 atom stereocenters. The van der Waals surface area contributed by atoms with Gasteiger partial charge in [0.2, 0.25) is 0 Å². The van der Waals surface area contributed by atoms with Crippen molar-refractivity contribution in [2.24, 2.45) is 0 Å². The smallest absolute Gasteiger partial charge is 0.313 e. The first kappa shape index (κ1) is 10.0. The second kappa shape index (κ2) is 4.25. The van der Waals surface area contributed by atoms with E-state index < -0.39 is 18.5 Å². The van der Waals surface area contributed by atoms with Gasteiger partial charge in [0.05, 0.1) is 6.61 Å². The number of aliphatic carboxylic acids is 1. The molecule has 0 unspecified atom stereocenters. The minimum Gasteiger partial charge on any atom is -0.481 e. The standard InChI is InChI=1S/C9H9ClO3/c10-8-4-2-1-3-6(8)7(5-11)9(12)13/h1-4,7,11H,5H2,(H,12,13)/t7-/m1/s1. The first-order valence-electron chi connectivity index (χ1n) is 3.75. The summed E-state index contributed by atoms with van der Waals surface area (Å²) in [4.78, 5) is 10.7. The van der Waals surface area contributed by atoms with Gasteiger partial charge in [0, 0.05) is 5.02 Å². The Bertz CT molecular complexity index is 311. The van der Waals surface area contributed by atoms with Gasteiger partial charge in [-0.25, -0.2) is 0 Å². The van der Waals surface area contributed by atoms with Crippen LogP contribution in [0.5, 0.6) is 0 Å². The molecule has 0 aliphatic carbocycles. The maximum absolute atomic E-state index is 10.7. The molecule has 0 aliphatic rings. The van der Waals surface area contributed by atoms with Gasteiger partial charge in [-0.1, -0.05) is 29.8 Å². The maximum Gasteiger partial charge on any atom is 0.313 e. The fourth-order valence-corrected chi connectivity index (χ4v) is 1.33. The highest BCUT2D eigenvalue weighted by Crippen LogP contribution is 2.23. The highest BCUT2D eigenvalue weighted by molar-refractivity contribution is 6.31. The Morgan fingerprint density at radius 2 is 2.08 bits per heavy atom. The van der Waals surface area contributed by atoms with Crippen LogP contribution in [-0.2, 0) is 4.79 Å². The Labute approximate surface area is 80.6 Å². The molecular formula is C9H9ClO3. The Balaban J connectivity index is 3.04. The molecule has 13 heavy (non-hydrogen) atoms. The van der Waals surface area contributed by atoms with Gasteiger partial charge in [-0.05, 0) is 11.6 Å². The van der Waals surface area contributed by atoms with Crippen molar-refractivity contribution in [2.75, 3.05) is 6.61 Å². The van der Waals surface area contributed by atoms with Gasteiger partial charge in [-0.15, -0.1) is 0 Å². The summed E-state index contributed by atoms with van der Waals surface area (Å²) in [6.07, 6.45) is 0. The number of hydrogen-bond acceptors (Lipinski definition) is 2. The van der Waals surface area contributed by atoms with Crippen molar-refractivity contribution >= 4 is 17.6 Å². The van der Waals surface area contributed by atoms with Crippen LogP contribution in [0.25, 0.3) is 0 Å². The number of carboxylic acid groups (broad SMARTS) is 1. The Morgan fingerprint density at radius 3 is 2.54 bits per heavy atom. The van der Waals surface area contributed by atoms with Crippen LogP contribution in [0.4, 0.5) is 0 Å². The number of aliphatic hydroxyl groups is 1. The highest BCUT2D eigenvalue weighted by Gasteiger charge is 2.20. The number of hydrogen-bond donors (Lipinski definition) is 2. The second-order valence-corrected chi connectivity index (χ2v) is 3.00. The Morgan fingerprint density at radius 1 is 1.46 bits per heavy atom. The molecule has 0 bridgehead atoms. The minimum absolute atomic E-state index is 0.365. The third-order valence-corrected chi connectivity index (χ3v) is 2.11. The van der Waals surface area contributed by atoms with Gasteiger partial charge in [-0.2, -0.15) is 0 Å². The van der Waals surface area contributed by atoms with Crippen molar-refractivity contribution in [1.29, 1.82) is 0 Å². The molecule has 1 rings (SSSR count). The average Bonchev–Trinajstić information content (AvgIpc) is 2.09. The van der Waals surface area contributed by atoms with Crippen molar-refractivity contribution in [3.05, 3.63) is 34.9 Å². The molecule has 0 saturated carbocycles. The lowest BCUT2D eigenvalue weighted by Crippen LogP contribution is -2.15. The normalized spacial score (nSPS) is 12.5. The van der Waals surface area contributed by atoms with E-state index >= 15 is 0 Å². The number of carboxylic acids is 1. The molecule has 0 fully saturated rings. The summed E-state index contributed by atoms with van der Waals surface area (Å²) in [6.45, 7) is -0.445. The van der Waals surface area contributed by atoms with Gasteiger partial charge >= 0.3 is 5.97 Å². The lowest BCUT2D eigenvalue weighted by molar-refractivity contribution is -0.139. The molecule has 0 spiro atoms. The van der Waals surface area contributed by atoms with E-state index in [0.717, 1.165) is 0 Å². The summed E-state index contributed by atoms with van der Waals surface area (Å²) >= 11 is 5.77. The van der Waals surface area contributed by atoms with E-state index in [4.69, 9.17) is 21.8 Å². The van der Waals surface area contributed by atoms with E-state index in [-0.39, 0.29) is 0 Å². The summed E-state index contributed by atoms with van der Waals surface area (Å²) in [7, 11) is 0. The first-order valence-corrected chi connectivity index (χ1v) is 4.12. The van der Waals surface area contributed by atoms with Crippen LogP contribution in [0.15, 0.2) is 24.3 Å². The van der Waals surface area contributed by atoms with Crippen LogP contribution in [0.3, 0.4) is 0 Å². The van der Waals surface area contributed by atoms with E-state index in [1.165, 1.54) is 0 Å². The third kappa shape index (κ3) is 2.20. The van der Waals surface area contributed by atoms with Crippen LogP contribution < -0.4 is 0 Å². The van der Waals surface area contributed by atoms with Crippen molar-refractivity contribution in [1.82, 2.24) is 0 Å². The van der Waals surface area contributed by atoms with Crippen LogP contribution in [-0.4, -0.2) is 22.8 Å². The summed E-state index contributed by atoms with van der Waals surface area (Å²) < 4.78 is 0. The van der Waals surface area contributed by atoms with E-state index in [1.807, 2.05) is 0 Å². The zero-order valence-corrected chi connectivity index (χ0v) is 7.53. The molecule has 1 aromatic carbocycles. The zero-order valence-electron chi connectivity index (χ0n) is 6.77. The Kier molecular flexibility index (Phi) is 3.28. The molecule has 70 valence electrons. The summed E-state index contributed by atoms with van der Waals surface area (Å²) in [5, 5.41) is 17.9. The number of carbonyl (C=O) groups is 1. The molecular weight excluding hydrogens is 192 g/mol. The highest BCUT2D eigenvalue weighted by atomic mass is 35.5. The lowest BCUT2D eigenvalue weighted by atomic mass is 10.0. The number of rotatable bonds is 3. The maximum atomic E-state index is 10.7. The van der Waals surface area contributed by atoms with Crippen LogP contribution in [0.2, 0.25) is 5.02 Å². The monoisotopic (exact) mass is 200 g/mol. The SMILES string of the molecule is O=C(O)[C@H](CO)c1ccccc1Cl. The van der Waals surface area contributed by atoms with Gasteiger partial charge in [0.25, 0.3) is 0 Å². The molecule has 0 heterocycles. The van der Waals surface area contributed by atoms with E-state index in [9.17, 15) is 4.79 Å². The Hall–Kier alpha value is -1.06. The van der Waals surface area contributed by atoms with E-state index in [1.54, 1.807) is 24.3 Å². The predicted molar refractivity (Wildman–Crippen MR) is 48.9 cm³/mol. The molecule has 1 aromatic rings. The minimum atomic E-state index is -1.07. The number of benzene rings is 1. The van der Waals surface area contributed by atoms with Crippen molar-refractivity contribution in [3.8, 4) is 0 Å². The number of halogens is 1. The number of aliphatic hydroxyl groups excluding tert-OH is 1. The van der Waals surface area contributed by atoms with Gasteiger partial charge in [0.1, 0.15) is 5.92 Å². The third-order valence-electron chi connectivity index (χ3n) is 1.76. The van der Waals surface area contributed by atoms with Crippen LogP contribution in [0.1, 0.15) is 11.5 Å². The van der Waals surface area contributed by atoms with E-state index in [0.29, 0.717) is 10.6 Å². The average molecular weight is 201 g/mol. The molecule has 0 radical (unpaired) electrons. The molecule has 4 heteroatoms. The van der Waals surface area contributed by atoms with Crippen molar-refractivity contribution < 1.29 is 15.0 Å². The zero-order chi connectivity index (χ0) is 9.84. The summed E-state index contributed by atoms with van der Waals surface area (Å²) in [6, 6.07) is 6.59. The predicted octanol–water partition coefficient (Wildman–Crippen LogP) is 1.50. The largest absolute Gasteiger partial charge is 0.481 e. The van der Waals surface area contributed by atoms with Crippen LogP contribution in [0, 0.1) is 0 Å². The van der Waals surface area contributed by atoms with Crippen molar-refractivity contribution in [3.63, 3.8) is 0 Å². The summed E-state index contributed by atoms with van der Waals surface area (Å²) in [5.74, 6) is -2.01. The van der Waals surface area contributed by atoms with Gasteiger partial charge in [0.15, 0.2) is 0 Å². The molecule has 3 nitrogen and oxygen atoms in total. The van der Waals surface area contributed by atoms with Crippen LogP contribution >= 0.6 is 11.6 Å². The first-order chi connectivity index (χ1) is 6.16. The molecule has 0 aliphatic heterocycles. The van der Waals surface area contributed by atoms with Crippen molar-refractivity contribution in [2.45, 2.75) is 5.92 Å². The fourth-order valence-electron chi connectivity index (χ4n) is 1.07. The quantitative estimate of drug-likeness (QED) is 0.778. The molecule has 2 N–H and O–H groups in total.